The summed E-state index contributed by atoms with van der Waals surface area (Å²) >= 11 is 0. The molecule has 0 aromatic carbocycles. The summed E-state index contributed by atoms with van der Waals surface area (Å²) in [6.07, 6.45) is 7.38. The highest BCUT2D eigenvalue weighted by Gasteiger charge is 2.42. The van der Waals surface area contributed by atoms with Crippen molar-refractivity contribution in [2.45, 2.75) is 58.5 Å². The molecule has 28 heavy (non-hydrogen) atoms. The number of carbonyl (C=O) groups is 3. The van der Waals surface area contributed by atoms with Crippen molar-refractivity contribution in [3.05, 3.63) is 30.1 Å². The molecule has 0 bridgehead atoms. The van der Waals surface area contributed by atoms with Crippen LogP contribution in [-0.2, 0) is 20.9 Å². The number of amides is 3. The van der Waals surface area contributed by atoms with Crippen molar-refractivity contribution >= 4 is 17.7 Å². The molecule has 2 fully saturated rings. The zero-order valence-corrected chi connectivity index (χ0v) is 16.8. The van der Waals surface area contributed by atoms with Gasteiger partial charge in [-0.05, 0) is 42.7 Å². The Labute approximate surface area is 166 Å². The minimum absolute atomic E-state index is 0.00616. The van der Waals surface area contributed by atoms with Crippen molar-refractivity contribution < 1.29 is 14.4 Å². The average Bonchev–Trinajstić information content (AvgIpc) is 2.70. The van der Waals surface area contributed by atoms with E-state index in [1.807, 2.05) is 35.1 Å². The van der Waals surface area contributed by atoms with E-state index in [1.54, 1.807) is 6.20 Å². The highest BCUT2D eigenvalue weighted by molar-refractivity contribution is 5.87. The zero-order chi connectivity index (χ0) is 20.1. The number of piperidine rings is 2. The van der Waals surface area contributed by atoms with E-state index in [-0.39, 0.29) is 23.1 Å². The molecule has 152 valence electrons. The first kappa shape index (κ1) is 20.3. The summed E-state index contributed by atoms with van der Waals surface area (Å²) in [5, 5.41) is 2.75. The SMILES string of the molecule is CC[C@@H](NC(C)=O)C(=O)N1CCC2(CCC(=O)N(Cc3cccnc3)C2)CC1. The molecule has 1 atom stereocenters. The molecule has 7 nitrogen and oxygen atoms in total. The highest BCUT2D eigenvalue weighted by atomic mass is 16.2. The van der Waals surface area contributed by atoms with Crippen molar-refractivity contribution in [3.63, 3.8) is 0 Å². The van der Waals surface area contributed by atoms with Crippen LogP contribution in [0, 0.1) is 5.41 Å². The van der Waals surface area contributed by atoms with Crippen LogP contribution in [0.3, 0.4) is 0 Å². The Bertz CT molecular complexity index is 714. The summed E-state index contributed by atoms with van der Waals surface area (Å²) in [6.45, 7) is 6.06. The molecule has 1 aromatic heterocycles. The third kappa shape index (κ3) is 4.69. The lowest BCUT2D eigenvalue weighted by atomic mass is 9.72. The molecule has 0 saturated carbocycles. The van der Waals surface area contributed by atoms with Gasteiger partial charge in [-0.25, -0.2) is 0 Å². The van der Waals surface area contributed by atoms with Gasteiger partial charge in [0.15, 0.2) is 0 Å². The van der Waals surface area contributed by atoms with Crippen LogP contribution in [0.25, 0.3) is 0 Å². The molecular weight excluding hydrogens is 356 g/mol. The van der Waals surface area contributed by atoms with Gasteiger partial charge in [0, 0.05) is 51.9 Å². The first-order chi connectivity index (χ1) is 13.4. The first-order valence-electron chi connectivity index (χ1n) is 10.1. The minimum Gasteiger partial charge on any atom is -0.345 e. The second kappa shape index (κ2) is 8.71. The lowest BCUT2D eigenvalue weighted by Crippen LogP contribution is -2.55. The van der Waals surface area contributed by atoms with Crippen molar-refractivity contribution in [2.75, 3.05) is 19.6 Å². The topological polar surface area (TPSA) is 82.6 Å². The predicted octanol–water partition coefficient (Wildman–Crippen LogP) is 1.73. The number of aromatic nitrogens is 1. The largest absolute Gasteiger partial charge is 0.345 e. The van der Waals surface area contributed by atoms with Crippen LogP contribution in [-0.4, -0.2) is 58.2 Å². The first-order valence-corrected chi connectivity index (χ1v) is 10.1. The van der Waals surface area contributed by atoms with Crippen LogP contribution in [0.5, 0.6) is 0 Å². The molecular formula is C21H30N4O3. The number of carbonyl (C=O) groups excluding carboxylic acids is 3. The third-order valence-corrected chi connectivity index (χ3v) is 6.06. The Morgan fingerprint density at radius 1 is 1.29 bits per heavy atom. The van der Waals surface area contributed by atoms with E-state index in [1.165, 1.54) is 6.92 Å². The number of nitrogens with one attached hydrogen (secondary N) is 1. The summed E-state index contributed by atoms with van der Waals surface area (Å²) in [7, 11) is 0. The van der Waals surface area contributed by atoms with Crippen molar-refractivity contribution in [3.8, 4) is 0 Å². The van der Waals surface area contributed by atoms with E-state index < -0.39 is 6.04 Å². The molecule has 1 spiro atoms. The number of pyridine rings is 1. The monoisotopic (exact) mass is 386 g/mol. The Hall–Kier alpha value is -2.44. The molecule has 0 unspecified atom stereocenters. The second-order valence-electron chi connectivity index (χ2n) is 8.10. The molecule has 3 rings (SSSR count). The highest BCUT2D eigenvalue weighted by Crippen LogP contribution is 2.40. The molecule has 1 aromatic rings. The van der Waals surface area contributed by atoms with Gasteiger partial charge in [0.1, 0.15) is 6.04 Å². The fraction of sp³-hybridized carbons (Fsp3) is 0.619. The molecule has 2 aliphatic rings. The van der Waals surface area contributed by atoms with E-state index in [0.29, 0.717) is 32.5 Å². The van der Waals surface area contributed by atoms with Crippen molar-refractivity contribution in [1.29, 1.82) is 0 Å². The molecule has 2 saturated heterocycles. The number of likely N-dealkylation sites (tertiary alicyclic amines) is 2. The summed E-state index contributed by atoms with van der Waals surface area (Å²) in [4.78, 5) is 44.5. The van der Waals surface area contributed by atoms with Gasteiger partial charge < -0.3 is 15.1 Å². The molecule has 2 aliphatic heterocycles. The van der Waals surface area contributed by atoms with Gasteiger partial charge in [-0.15, -0.1) is 0 Å². The van der Waals surface area contributed by atoms with Crippen molar-refractivity contribution in [1.82, 2.24) is 20.1 Å². The minimum atomic E-state index is -0.443. The summed E-state index contributed by atoms with van der Waals surface area (Å²) in [6, 6.07) is 3.44. The fourth-order valence-electron chi connectivity index (χ4n) is 4.37. The Kier molecular flexibility index (Phi) is 6.31. The van der Waals surface area contributed by atoms with E-state index in [4.69, 9.17) is 0 Å². The van der Waals surface area contributed by atoms with Gasteiger partial charge in [-0.1, -0.05) is 13.0 Å². The maximum atomic E-state index is 12.7. The normalized spacial score (nSPS) is 20.1. The van der Waals surface area contributed by atoms with E-state index in [2.05, 4.69) is 10.3 Å². The van der Waals surface area contributed by atoms with E-state index in [9.17, 15) is 14.4 Å². The number of hydrogen-bond donors (Lipinski definition) is 1. The molecule has 3 heterocycles. The maximum Gasteiger partial charge on any atom is 0.245 e. The average molecular weight is 386 g/mol. The maximum absolute atomic E-state index is 12.7. The molecule has 0 aliphatic carbocycles. The predicted molar refractivity (Wildman–Crippen MR) is 105 cm³/mol. The summed E-state index contributed by atoms with van der Waals surface area (Å²) < 4.78 is 0. The summed E-state index contributed by atoms with van der Waals surface area (Å²) in [5.74, 6) is 0.0295. The van der Waals surface area contributed by atoms with Gasteiger partial charge in [-0.3, -0.25) is 19.4 Å². The number of rotatable bonds is 5. The lowest BCUT2D eigenvalue weighted by molar-refractivity contribution is -0.144. The van der Waals surface area contributed by atoms with Gasteiger partial charge in [0.25, 0.3) is 0 Å². The molecule has 7 heteroatoms. The molecule has 3 amide bonds. The standard InChI is InChI=1S/C21H30N4O3/c1-3-18(23-16(2)26)20(28)24-11-8-21(9-12-24)7-6-19(27)25(15-21)14-17-5-4-10-22-13-17/h4-5,10,13,18H,3,6-9,11-12,14-15H2,1-2H3,(H,23,26)/t18-/m1/s1. The van der Waals surface area contributed by atoms with E-state index >= 15 is 0 Å². The van der Waals surface area contributed by atoms with Gasteiger partial charge in [0.2, 0.25) is 17.7 Å². The molecule has 0 radical (unpaired) electrons. The smallest absolute Gasteiger partial charge is 0.245 e. The lowest BCUT2D eigenvalue weighted by Gasteiger charge is -2.47. The van der Waals surface area contributed by atoms with Crippen LogP contribution in [0.2, 0.25) is 0 Å². The van der Waals surface area contributed by atoms with Crippen LogP contribution >= 0.6 is 0 Å². The van der Waals surface area contributed by atoms with Crippen LogP contribution < -0.4 is 5.32 Å². The van der Waals surface area contributed by atoms with Crippen LogP contribution in [0.15, 0.2) is 24.5 Å². The second-order valence-corrected chi connectivity index (χ2v) is 8.10. The van der Waals surface area contributed by atoms with Gasteiger partial charge in [0.05, 0.1) is 0 Å². The van der Waals surface area contributed by atoms with Gasteiger partial charge >= 0.3 is 0 Å². The molecule has 1 N–H and O–H groups in total. The zero-order valence-electron chi connectivity index (χ0n) is 16.8. The third-order valence-electron chi connectivity index (χ3n) is 6.06. The summed E-state index contributed by atoms with van der Waals surface area (Å²) in [5.41, 5.74) is 1.13. The van der Waals surface area contributed by atoms with Crippen LogP contribution in [0.4, 0.5) is 0 Å². The number of nitrogens with zero attached hydrogens (tertiary/aromatic N) is 3. The Morgan fingerprint density at radius 2 is 2.04 bits per heavy atom. The quantitative estimate of drug-likeness (QED) is 0.835. The Morgan fingerprint density at radius 3 is 2.64 bits per heavy atom. The van der Waals surface area contributed by atoms with Gasteiger partial charge in [-0.2, -0.15) is 0 Å². The fourth-order valence-corrected chi connectivity index (χ4v) is 4.37. The Balaban J connectivity index is 1.60. The number of hydrogen-bond acceptors (Lipinski definition) is 4. The van der Waals surface area contributed by atoms with Crippen molar-refractivity contribution in [2.24, 2.45) is 5.41 Å². The van der Waals surface area contributed by atoms with Crippen LogP contribution in [0.1, 0.15) is 51.5 Å². The van der Waals surface area contributed by atoms with E-state index in [0.717, 1.165) is 31.4 Å².